The van der Waals surface area contributed by atoms with Crippen LogP contribution in [0.5, 0.6) is 0 Å². The molecule has 0 atom stereocenters. The number of rotatable bonds is 4. The molecule has 0 fully saturated rings. The van der Waals surface area contributed by atoms with E-state index in [2.05, 4.69) is 133 Å². The van der Waals surface area contributed by atoms with E-state index in [1.54, 1.807) is 11.8 Å². The van der Waals surface area contributed by atoms with Gasteiger partial charge >= 0.3 is 0 Å². The third-order valence-electron chi connectivity index (χ3n) is 5.37. The minimum absolute atomic E-state index is 0.905. The summed E-state index contributed by atoms with van der Waals surface area (Å²) in [6, 6.07) is 27.3. The monoisotopic (exact) mass is 445 g/mol. The summed E-state index contributed by atoms with van der Waals surface area (Å²) in [7, 11) is 0. The van der Waals surface area contributed by atoms with Crippen molar-refractivity contribution >= 4 is 28.7 Å². The summed E-state index contributed by atoms with van der Waals surface area (Å²) in [6.07, 6.45) is 8.39. The molecule has 33 heavy (non-hydrogen) atoms. The lowest BCUT2D eigenvalue weighted by Gasteiger charge is -2.14. The maximum Gasteiger partial charge on any atom is 0.0463 e. The first-order valence-electron chi connectivity index (χ1n) is 10.9. The van der Waals surface area contributed by atoms with Crippen molar-refractivity contribution in [2.75, 3.05) is 5.32 Å². The molecule has 0 aliphatic carbocycles. The van der Waals surface area contributed by atoms with Gasteiger partial charge in [0.25, 0.3) is 0 Å². The standard InChI is InChI=1S/C31H27NS/c1-23-16-18-33-19-17-28(21-25(3)24(2)20-23)27-12-9-13-29(22-27)32-31-15-8-7-14-30(31)26-10-5-4-6-11-26/h4-22,32H,2-3H2,1H3/b18-16-,19-17-,23-20-,28-21+. The van der Waals surface area contributed by atoms with E-state index in [-0.39, 0.29) is 0 Å². The van der Waals surface area contributed by atoms with Crippen molar-refractivity contribution in [3.05, 3.63) is 149 Å². The number of para-hydroxylation sites is 1. The first kappa shape index (κ1) is 22.4. The fourth-order valence-electron chi connectivity index (χ4n) is 3.62. The minimum atomic E-state index is 0.905. The van der Waals surface area contributed by atoms with Crippen LogP contribution in [0.3, 0.4) is 0 Å². The molecule has 1 nitrogen and oxygen atoms in total. The SMILES string of the molecule is C=C1/C=C(C)\C=C/S/C=C\C(c2cccc(Nc3ccccc3-c3ccccc3)c2)=C/C1=C. The van der Waals surface area contributed by atoms with Gasteiger partial charge in [-0.15, -0.1) is 11.8 Å². The Balaban J connectivity index is 1.67. The average molecular weight is 446 g/mol. The van der Waals surface area contributed by atoms with Gasteiger partial charge in [0.2, 0.25) is 0 Å². The quantitative estimate of drug-likeness (QED) is 0.429. The van der Waals surface area contributed by atoms with Gasteiger partial charge in [0, 0.05) is 16.9 Å². The second kappa shape index (κ2) is 10.7. The molecule has 1 aliphatic rings. The molecule has 0 radical (unpaired) electrons. The maximum absolute atomic E-state index is 4.24. The molecule has 0 saturated heterocycles. The zero-order valence-electron chi connectivity index (χ0n) is 18.8. The molecule has 4 rings (SSSR count). The molecule has 0 bridgehead atoms. The minimum Gasteiger partial charge on any atom is -0.355 e. The molecule has 2 heteroatoms. The third kappa shape index (κ3) is 5.94. The molecule has 0 unspecified atom stereocenters. The van der Waals surface area contributed by atoms with E-state index >= 15 is 0 Å². The van der Waals surface area contributed by atoms with Gasteiger partial charge in [-0.1, -0.05) is 91.5 Å². The van der Waals surface area contributed by atoms with Gasteiger partial charge in [-0.05, 0) is 75.9 Å². The average Bonchev–Trinajstić information content (AvgIpc) is 2.86. The summed E-state index contributed by atoms with van der Waals surface area (Å²) in [5.74, 6) is 0. The Morgan fingerprint density at radius 3 is 2.24 bits per heavy atom. The van der Waals surface area contributed by atoms with Crippen molar-refractivity contribution in [2.45, 2.75) is 6.92 Å². The molecule has 0 spiro atoms. The van der Waals surface area contributed by atoms with Crippen LogP contribution < -0.4 is 5.32 Å². The van der Waals surface area contributed by atoms with Crippen LogP contribution in [0.4, 0.5) is 11.4 Å². The van der Waals surface area contributed by atoms with E-state index in [4.69, 9.17) is 0 Å². The van der Waals surface area contributed by atoms with Crippen LogP contribution in [0.2, 0.25) is 0 Å². The van der Waals surface area contributed by atoms with Gasteiger partial charge < -0.3 is 5.32 Å². The highest BCUT2D eigenvalue weighted by atomic mass is 32.2. The predicted octanol–water partition coefficient (Wildman–Crippen LogP) is 9.31. The highest BCUT2D eigenvalue weighted by Crippen LogP contribution is 2.32. The fourth-order valence-corrected chi connectivity index (χ4v) is 4.23. The third-order valence-corrected chi connectivity index (χ3v) is 5.95. The summed E-state index contributed by atoms with van der Waals surface area (Å²) in [5, 5.41) is 7.80. The molecule has 0 amide bonds. The number of hydrogen-bond acceptors (Lipinski definition) is 2. The lowest BCUT2D eigenvalue weighted by atomic mass is 9.99. The van der Waals surface area contributed by atoms with Crippen LogP contribution in [0.25, 0.3) is 16.7 Å². The first-order valence-corrected chi connectivity index (χ1v) is 11.8. The molecule has 162 valence electrons. The molecule has 0 aromatic heterocycles. The van der Waals surface area contributed by atoms with E-state index in [0.717, 1.165) is 39.2 Å². The number of benzene rings is 3. The Morgan fingerprint density at radius 1 is 0.697 bits per heavy atom. The molecule has 1 aliphatic heterocycles. The highest BCUT2D eigenvalue weighted by molar-refractivity contribution is 8.04. The predicted molar refractivity (Wildman–Crippen MR) is 147 cm³/mol. The number of nitrogens with one attached hydrogen (secondary N) is 1. The second-order valence-electron chi connectivity index (χ2n) is 7.90. The Bertz CT molecular complexity index is 1290. The Kier molecular flexibility index (Phi) is 7.29. The molecule has 3 aromatic rings. The van der Waals surface area contributed by atoms with E-state index in [1.165, 1.54) is 11.1 Å². The van der Waals surface area contributed by atoms with Gasteiger partial charge in [-0.2, -0.15) is 0 Å². The maximum atomic E-state index is 4.24. The lowest BCUT2D eigenvalue weighted by Crippen LogP contribution is -1.94. The Labute approximate surface area is 201 Å². The zero-order valence-corrected chi connectivity index (χ0v) is 19.6. The highest BCUT2D eigenvalue weighted by Gasteiger charge is 2.07. The summed E-state index contributed by atoms with van der Waals surface area (Å²) < 4.78 is 0. The Morgan fingerprint density at radius 2 is 1.39 bits per heavy atom. The number of hydrogen-bond donors (Lipinski definition) is 1. The van der Waals surface area contributed by atoms with Crippen LogP contribution in [0.15, 0.2) is 144 Å². The van der Waals surface area contributed by atoms with E-state index in [9.17, 15) is 0 Å². The van der Waals surface area contributed by atoms with Crippen LogP contribution in [-0.4, -0.2) is 0 Å². The van der Waals surface area contributed by atoms with Crippen molar-refractivity contribution in [3.63, 3.8) is 0 Å². The molecular weight excluding hydrogens is 418 g/mol. The van der Waals surface area contributed by atoms with Gasteiger partial charge in [-0.25, -0.2) is 0 Å². The molecule has 1 N–H and O–H groups in total. The lowest BCUT2D eigenvalue weighted by molar-refractivity contribution is 1.47. The van der Waals surface area contributed by atoms with Crippen molar-refractivity contribution < 1.29 is 0 Å². The van der Waals surface area contributed by atoms with Crippen molar-refractivity contribution in [1.29, 1.82) is 0 Å². The Hall–Kier alpha value is -3.75. The van der Waals surface area contributed by atoms with Crippen LogP contribution in [-0.2, 0) is 0 Å². The number of anilines is 2. The first-order chi connectivity index (χ1) is 16.1. The number of thioether (sulfide) groups is 1. The largest absolute Gasteiger partial charge is 0.355 e. The van der Waals surface area contributed by atoms with E-state index in [0.29, 0.717) is 0 Å². The normalized spacial score (nSPS) is 19.4. The number of allylic oxidation sites excluding steroid dienone is 8. The fraction of sp³-hybridized carbons (Fsp3) is 0.0323. The van der Waals surface area contributed by atoms with Gasteiger partial charge in [0.1, 0.15) is 0 Å². The molecule has 3 aromatic carbocycles. The second-order valence-corrected chi connectivity index (χ2v) is 8.71. The van der Waals surface area contributed by atoms with Gasteiger partial charge in [-0.3, -0.25) is 0 Å². The zero-order chi connectivity index (χ0) is 23.0. The summed E-state index contributed by atoms with van der Waals surface area (Å²) in [5.41, 5.74) is 9.66. The van der Waals surface area contributed by atoms with Crippen molar-refractivity contribution in [3.8, 4) is 11.1 Å². The van der Waals surface area contributed by atoms with Crippen molar-refractivity contribution in [1.82, 2.24) is 0 Å². The van der Waals surface area contributed by atoms with E-state index < -0.39 is 0 Å². The van der Waals surface area contributed by atoms with Gasteiger partial charge in [0.15, 0.2) is 0 Å². The smallest absolute Gasteiger partial charge is 0.0463 e. The van der Waals surface area contributed by atoms with Crippen LogP contribution in [0, 0.1) is 0 Å². The molecule has 0 saturated carbocycles. The van der Waals surface area contributed by atoms with Crippen molar-refractivity contribution in [2.24, 2.45) is 0 Å². The van der Waals surface area contributed by atoms with Crippen LogP contribution in [0.1, 0.15) is 12.5 Å². The summed E-state index contributed by atoms with van der Waals surface area (Å²) >= 11 is 1.65. The van der Waals surface area contributed by atoms with E-state index in [1.807, 2.05) is 6.07 Å². The van der Waals surface area contributed by atoms with Crippen LogP contribution >= 0.6 is 11.8 Å². The summed E-state index contributed by atoms with van der Waals surface area (Å²) in [6.45, 7) is 10.5. The summed E-state index contributed by atoms with van der Waals surface area (Å²) in [4.78, 5) is 0. The topological polar surface area (TPSA) is 12.0 Å². The van der Waals surface area contributed by atoms with Gasteiger partial charge in [0.05, 0.1) is 0 Å². The molecule has 1 heterocycles. The molecular formula is C31H27NS.